The molecule has 0 saturated carbocycles. The Bertz CT molecular complexity index is 627. The molecule has 1 aliphatic carbocycles. The molecule has 0 saturated heterocycles. The van der Waals surface area contributed by atoms with Gasteiger partial charge in [0, 0.05) is 17.3 Å². The fraction of sp³-hybridized carbons (Fsp3) is 0.500. The Labute approximate surface area is 112 Å². The summed E-state index contributed by atoms with van der Waals surface area (Å²) in [5.41, 5.74) is 9.64. The summed E-state index contributed by atoms with van der Waals surface area (Å²) in [7, 11) is 0. The molecule has 100 valence electrons. The van der Waals surface area contributed by atoms with Crippen LogP contribution in [0.15, 0.2) is 12.4 Å². The van der Waals surface area contributed by atoms with Crippen LogP contribution in [-0.4, -0.2) is 19.7 Å². The average Bonchev–Trinajstić information content (AvgIpc) is 2.67. The minimum atomic E-state index is 0.0952. The van der Waals surface area contributed by atoms with E-state index in [-0.39, 0.29) is 5.41 Å². The van der Waals surface area contributed by atoms with Gasteiger partial charge in [-0.25, -0.2) is 9.97 Å². The van der Waals surface area contributed by atoms with Crippen molar-refractivity contribution in [2.45, 2.75) is 45.4 Å². The van der Waals surface area contributed by atoms with Gasteiger partial charge in [-0.15, -0.1) is 0 Å². The summed E-state index contributed by atoms with van der Waals surface area (Å²) in [5.74, 6) is 1.47. The van der Waals surface area contributed by atoms with Gasteiger partial charge in [0.25, 0.3) is 0 Å². The van der Waals surface area contributed by atoms with Crippen molar-refractivity contribution < 1.29 is 0 Å². The number of nitrogens with two attached hydrogens (primary N) is 1. The molecular formula is C14H19N5. The minimum Gasteiger partial charge on any atom is -0.383 e. The maximum absolute atomic E-state index is 6.32. The monoisotopic (exact) mass is 257 g/mol. The molecule has 2 aromatic rings. The number of nitrogen functional groups attached to an aromatic ring is 1. The Morgan fingerprint density at radius 1 is 1.32 bits per heavy atom. The third kappa shape index (κ3) is 1.89. The molecule has 0 aliphatic heterocycles. The Balaban J connectivity index is 2.18. The SMILES string of the molecule is Cc1cc(-n2nc3c(c2N)C(C)(C)CCC3)ncn1. The van der Waals surface area contributed by atoms with Crippen LogP contribution >= 0.6 is 0 Å². The largest absolute Gasteiger partial charge is 0.383 e. The smallest absolute Gasteiger partial charge is 0.159 e. The summed E-state index contributed by atoms with van der Waals surface area (Å²) in [6.07, 6.45) is 4.87. The first-order valence-electron chi connectivity index (χ1n) is 6.66. The highest BCUT2D eigenvalue weighted by molar-refractivity contribution is 5.53. The lowest BCUT2D eigenvalue weighted by Gasteiger charge is -2.29. The van der Waals surface area contributed by atoms with Crippen molar-refractivity contribution in [1.29, 1.82) is 0 Å². The zero-order valence-corrected chi connectivity index (χ0v) is 11.6. The fourth-order valence-corrected chi connectivity index (χ4v) is 2.94. The Kier molecular flexibility index (Phi) is 2.59. The lowest BCUT2D eigenvalue weighted by atomic mass is 9.75. The summed E-state index contributed by atoms with van der Waals surface area (Å²) in [6, 6.07) is 1.90. The fourth-order valence-electron chi connectivity index (χ4n) is 2.94. The molecule has 5 nitrogen and oxygen atoms in total. The van der Waals surface area contributed by atoms with Crippen molar-refractivity contribution in [3.05, 3.63) is 29.3 Å². The molecule has 1 aliphatic rings. The third-order valence-electron chi connectivity index (χ3n) is 3.89. The van der Waals surface area contributed by atoms with Crippen molar-refractivity contribution in [3.63, 3.8) is 0 Å². The average molecular weight is 257 g/mol. The van der Waals surface area contributed by atoms with Crippen molar-refractivity contribution in [2.75, 3.05) is 5.73 Å². The first-order valence-corrected chi connectivity index (χ1v) is 6.66. The molecule has 0 fully saturated rings. The van der Waals surface area contributed by atoms with Gasteiger partial charge in [0.1, 0.15) is 12.1 Å². The minimum absolute atomic E-state index is 0.0952. The second-order valence-electron chi connectivity index (χ2n) is 5.87. The zero-order valence-electron chi connectivity index (χ0n) is 11.6. The van der Waals surface area contributed by atoms with Gasteiger partial charge >= 0.3 is 0 Å². The summed E-state index contributed by atoms with van der Waals surface area (Å²) in [5, 5.41) is 4.66. The van der Waals surface area contributed by atoms with Gasteiger partial charge in [0.15, 0.2) is 5.82 Å². The van der Waals surface area contributed by atoms with Crippen molar-refractivity contribution in [3.8, 4) is 5.82 Å². The van der Waals surface area contributed by atoms with Gasteiger partial charge in [-0.05, 0) is 31.6 Å². The second-order valence-corrected chi connectivity index (χ2v) is 5.87. The topological polar surface area (TPSA) is 69.6 Å². The van der Waals surface area contributed by atoms with E-state index in [1.54, 1.807) is 11.0 Å². The molecule has 2 heterocycles. The molecule has 2 aromatic heterocycles. The van der Waals surface area contributed by atoms with Crippen LogP contribution < -0.4 is 5.73 Å². The van der Waals surface area contributed by atoms with E-state index in [1.807, 2.05) is 13.0 Å². The first-order chi connectivity index (χ1) is 8.99. The molecule has 0 radical (unpaired) electrons. The molecule has 19 heavy (non-hydrogen) atoms. The third-order valence-corrected chi connectivity index (χ3v) is 3.89. The van der Waals surface area contributed by atoms with E-state index in [4.69, 9.17) is 5.73 Å². The molecule has 0 spiro atoms. The van der Waals surface area contributed by atoms with E-state index in [1.165, 1.54) is 12.0 Å². The summed E-state index contributed by atoms with van der Waals surface area (Å²) < 4.78 is 1.76. The van der Waals surface area contributed by atoms with E-state index >= 15 is 0 Å². The van der Waals surface area contributed by atoms with Gasteiger partial charge in [-0.2, -0.15) is 9.78 Å². The van der Waals surface area contributed by atoms with Gasteiger partial charge < -0.3 is 5.73 Å². The summed E-state index contributed by atoms with van der Waals surface area (Å²) in [6.45, 7) is 6.41. The van der Waals surface area contributed by atoms with Gasteiger partial charge in [-0.3, -0.25) is 0 Å². The van der Waals surface area contributed by atoms with Crippen molar-refractivity contribution >= 4 is 5.82 Å². The Morgan fingerprint density at radius 2 is 2.11 bits per heavy atom. The number of nitrogens with zero attached hydrogens (tertiary/aromatic N) is 4. The number of rotatable bonds is 1. The highest BCUT2D eigenvalue weighted by Crippen LogP contribution is 2.40. The van der Waals surface area contributed by atoms with Gasteiger partial charge in [0.05, 0.1) is 5.69 Å². The van der Waals surface area contributed by atoms with Crippen LogP contribution in [0.1, 0.15) is 43.6 Å². The highest BCUT2D eigenvalue weighted by atomic mass is 15.3. The zero-order chi connectivity index (χ0) is 13.6. The predicted molar refractivity (Wildman–Crippen MR) is 74.3 cm³/mol. The quantitative estimate of drug-likeness (QED) is 0.850. The van der Waals surface area contributed by atoms with Crippen LogP contribution in [0.25, 0.3) is 5.82 Å². The Hall–Kier alpha value is -1.91. The maximum Gasteiger partial charge on any atom is 0.159 e. The molecule has 5 heteroatoms. The van der Waals surface area contributed by atoms with E-state index in [9.17, 15) is 0 Å². The highest BCUT2D eigenvalue weighted by Gasteiger charge is 2.33. The number of hydrogen-bond donors (Lipinski definition) is 1. The maximum atomic E-state index is 6.32. The lowest BCUT2D eigenvalue weighted by Crippen LogP contribution is -2.24. The number of fused-ring (bicyclic) bond motifs is 1. The van der Waals surface area contributed by atoms with Crippen LogP contribution in [0.2, 0.25) is 0 Å². The van der Waals surface area contributed by atoms with Crippen LogP contribution in [0.3, 0.4) is 0 Å². The number of hydrogen-bond acceptors (Lipinski definition) is 4. The molecule has 2 N–H and O–H groups in total. The van der Waals surface area contributed by atoms with Crippen LogP contribution in [0.5, 0.6) is 0 Å². The van der Waals surface area contributed by atoms with Crippen LogP contribution in [0, 0.1) is 6.92 Å². The van der Waals surface area contributed by atoms with E-state index in [0.717, 1.165) is 35.9 Å². The van der Waals surface area contributed by atoms with Crippen molar-refractivity contribution in [2.24, 2.45) is 0 Å². The number of aryl methyl sites for hydroxylation is 2. The molecule has 0 atom stereocenters. The number of anilines is 1. The van der Waals surface area contributed by atoms with Crippen LogP contribution in [-0.2, 0) is 11.8 Å². The van der Waals surface area contributed by atoms with Crippen molar-refractivity contribution in [1.82, 2.24) is 19.7 Å². The molecule has 0 unspecified atom stereocenters. The summed E-state index contributed by atoms with van der Waals surface area (Å²) in [4.78, 5) is 8.38. The predicted octanol–water partition coefficient (Wildman–Crippen LogP) is 2.17. The standard InChI is InChI=1S/C14H19N5/c1-9-7-11(17-8-16-9)19-13(15)12-10(18-19)5-4-6-14(12,2)3/h7-8H,4-6,15H2,1-3H3. The summed E-state index contributed by atoms with van der Waals surface area (Å²) >= 11 is 0. The van der Waals surface area contributed by atoms with Gasteiger partial charge in [0.2, 0.25) is 0 Å². The Morgan fingerprint density at radius 3 is 2.79 bits per heavy atom. The van der Waals surface area contributed by atoms with E-state index in [0.29, 0.717) is 0 Å². The molecule has 0 aromatic carbocycles. The molecule has 0 amide bonds. The van der Waals surface area contributed by atoms with E-state index in [2.05, 4.69) is 28.9 Å². The van der Waals surface area contributed by atoms with Crippen LogP contribution in [0.4, 0.5) is 5.82 Å². The second kappa shape index (κ2) is 4.05. The molecular weight excluding hydrogens is 238 g/mol. The lowest BCUT2D eigenvalue weighted by molar-refractivity contribution is 0.432. The van der Waals surface area contributed by atoms with Gasteiger partial charge in [-0.1, -0.05) is 13.8 Å². The molecule has 0 bridgehead atoms. The van der Waals surface area contributed by atoms with E-state index < -0.39 is 0 Å². The molecule has 3 rings (SSSR count). The first kappa shape index (κ1) is 12.1. The number of aromatic nitrogens is 4. The normalized spacial score (nSPS) is 17.2.